The van der Waals surface area contributed by atoms with E-state index in [1.165, 1.54) is 0 Å². The van der Waals surface area contributed by atoms with Crippen molar-refractivity contribution in [3.8, 4) is 5.88 Å². The van der Waals surface area contributed by atoms with Gasteiger partial charge in [0.1, 0.15) is 0 Å². The zero-order chi connectivity index (χ0) is 14.3. The summed E-state index contributed by atoms with van der Waals surface area (Å²) in [5.74, 6) is 0.884. The fraction of sp³-hybridized carbons (Fsp3) is 0.636. The molecule has 0 bridgehead atoms. The molecule has 0 amide bonds. The molecule has 7 nitrogen and oxygen atoms in total. The first-order valence-electron chi connectivity index (χ1n) is 6.13. The molecule has 0 aliphatic carbocycles. The van der Waals surface area contributed by atoms with Gasteiger partial charge in [0.15, 0.2) is 0 Å². The molecule has 1 aromatic heterocycles. The summed E-state index contributed by atoms with van der Waals surface area (Å²) in [5, 5.41) is 7.86. The predicted molar refractivity (Wildman–Crippen MR) is 73.6 cm³/mol. The average Bonchev–Trinajstić information content (AvgIpc) is 2.30. The lowest BCUT2D eigenvalue weighted by Crippen LogP contribution is -2.19. The molecule has 0 aliphatic heterocycles. The average molecular weight is 288 g/mol. The maximum absolute atomic E-state index is 10.8. The first-order chi connectivity index (χ1) is 8.90. The molecule has 19 heavy (non-hydrogen) atoms. The van der Waals surface area contributed by atoms with Crippen LogP contribution in [-0.2, 0) is 10.0 Å². The molecule has 0 fully saturated rings. The van der Waals surface area contributed by atoms with Crippen molar-refractivity contribution in [3.63, 3.8) is 0 Å². The molecule has 0 radical (unpaired) electrons. The van der Waals surface area contributed by atoms with Gasteiger partial charge in [-0.1, -0.05) is 6.92 Å². The SMILES string of the molecule is CCCOc1cc(C)nc(NCCCS(N)(=O)=O)n1. The molecule has 3 N–H and O–H groups in total. The number of anilines is 1. The van der Waals surface area contributed by atoms with E-state index in [1.807, 2.05) is 13.8 Å². The molecule has 1 heterocycles. The Bertz CT molecular complexity index is 505. The van der Waals surface area contributed by atoms with E-state index in [2.05, 4.69) is 15.3 Å². The molecule has 0 saturated heterocycles. The van der Waals surface area contributed by atoms with E-state index >= 15 is 0 Å². The van der Waals surface area contributed by atoms with Crippen molar-refractivity contribution in [2.24, 2.45) is 5.14 Å². The Morgan fingerprint density at radius 3 is 2.79 bits per heavy atom. The van der Waals surface area contributed by atoms with Gasteiger partial charge in [-0.25, -0.2) is 18.5 Å². The van der Waals surface area contributed by atoms with Crippen LogP contribution in [-0.4, -0.2) is 37.3 Å². The fourth-order valence-electron chi connectivity index (χ4n) is 1.37. The number of aromatic nitrogens is 2. The maximum atomic E-state index is 10.8. The van der Waals surface area contributed by atoms with Gasteiger partial charge in [0, 0.05) is 18.3 Å². The summed E-state index contributed by atoms with van der Waals surface area (Å²) in [4.78, 5) is 8.37. The van der Waals surface area contributed by atoms with E-state index in [4.69, 9.17) is 9.88 Å². The highest BCUT2D eigenvalue weighted by Crippen LogP contribution is 2.12. The number of ether oxygens (including phenoxy) is 1. The van der Waals surface area contributed by atoms with E-state index in [0.717, 1.165) is 12.1 Å². The second-order valence-electron chi connectivity index (χ2n) is 4.17. The van der Waals surface area contributed by atoms with Crippen molar-refractivity contribution in [3.05, 3.63) is 11.8 Å². The third-order valence-corrected chi connectivity index (χ3v) is 3.03. The minimum atomic E-state index is -3.41. The van der Waals surface area contributed by atoms with Crippen LogP contribution in [0.25, 0.3) is 0 Å². The zero-order valence-corrected chi connectivity index (χ0v) is 12.0. The summed E-state index contributed by atoms with van der Waals surface area (Å²) in [7, 11) is -3.41. The van der Waals surface area contributed by atoms with Crippen molar-refractivity contribution in [1.82, 2.24) is 9.97 Å². The van der Waals surface area contributed by atoms with Gasteiger partial charge < -0.3 is 10.1 Å². The van der Waals surface area contributed by atoms with Gasteiger partial charge in [-0.2, -0.15) is 4.98 Å². The molecule has 0 spiro atoms. The molecular formula is C11H20N4O3S. The van der Waals surface area contributed by atoms with E-state index in [9.17, 15) is 8.42 Å². The molecule has 108 valence electrons. The minimum Gasteiger partial charge on any atom is -0.478 e. The summed E-state index contributed by atoms with van der Waals surface area (Å²) < 4.78 is 27.0. The molecule has 0 unspecified atom stereocenters. The minimum absolute atomic E-state index is 0.0645. The molecule has 1 rings (SSSR count). The van der Waals surface area contributed by atoms with Crippen molar-refractivity contribution >= 4 is 16.0 Å². The molecule has 8 heteroatoms. The van der Waals surface area contributed by atoms with Crippen LogP contribution in [0.2, 0.25) is 0 Å². The number of aryl methyl sites for hydroxylation is 1. The monoisotopic (exact) mass is 288 g/mol. The number of nitrogens with two attached hydrogens (primary N) is 1. The molecular weight excluding hydrogens is 268 g/mol. The lowest BCUT2D eigenvalue weighted by Gasteiger charge is -2.08. The van der Waals surface area contributed by atoms with Gasteiger partial charge >= 0.3 is 0 Å². The number of sulfonamides is 1. The lowest BCUT2D eigenvalue weighted by atomic mass is 10.4. The molecule has 0 aromatic carbocycles. The molecule has 0 aliphatic rings. The lowest BCUT2D eigenvalue weighted by molar-refractivity contribution is 0.305. The Balaban J connectivity index is 2.51. The van der Waals surface area contributed by atoms with Gasteiger partial charge in [-0.05, 0) is 19.8 Å². The molecule has 0 atom stereocenters. The topological polar surface area (TPSA) is 107 Å². The Kier molecular flexibility index (Phi) is 5.97. The van der Waals surface area contributed by atoms with Gasteiger partial charge in [-0.3, -0.25) is 0 Å². The quantitative estimate of drug-likeness (QED) is 0.681. The summed E-state index contributed by atoms with van der Waals surface area (Å²) >= 11 is 0. The van der Waals surface area contributed by atoms with E-state index in [1.54, 1.807) is 6.07 Å². The van der Waals surface area contributed by atoms with Crippen LogP contribution >= 0.6 is 0 Å². The Hall–Kier alpha value is -1.41. The van der Waals surface area contributed by atoms with Crippen LogP contribution in [0, 0.1) is 6.92 Å². The number of hydrogen-bond acceptors (Lipinski definition) is 6. The van der Waals surface area contributed by atoms with Crippen LogP contribution in [0.5, 0.6) is 5.88 Å². The van der Waals surface area contributed by atoms with Gasteiger partial charge in [0.25, 0.3) is 0 Å². The van der Waals surface area contributed by atoms with E-state index < -0.39 is 10.0 Å². The van der Waals surface area contributed by atoms with Crippen molar-refractivity contribution in [1.29, 1.82) is 0 Å². The Morgan fingerprint density at radius 2 is 2.16 bits per heavy atom. The first-order valence-corrected chi connectivity index (χ1v) is 7.85. The largest absolute Gasteiger partial charge is 0.478 e. The van der Waals surface area contributed by atoms with Gasteiger partial charge in [0.2, 0.25) is 21.9 Å². The van der Waals surface area contributed by atoms with Crippen molar-refractivity contribution in [2.45, 2.75) is 26.7 Å². The van der Waals surface area contributed by atoms with Crippen LogP contribution in [0.15, 0.2) is 6.07 Å². The fourth-order valence-corrected chi connectivity index (χ4v) is 1.92. The Labute approximate surface area is 113 Å². The van der Waals surface area contributed by atoms with Crippen molar-refractivity contribution < 1.29 is 13.2 Å². The normalized spacial score (nSPS) is 11.3. The number of hydrogen-bond donors (Lipinski definition) is 2. The summed E-state index contributed by atoms with van der Waals surface area (Å²) in [6.07, 6.45) is 1.31. The standard InChI is InChI=1S/C11H20N4O3S/c1-3-6-18-10-8-9(2)14-11(15-10)13-5-4-7-19(12,16)17/h8H,3-7H2,1-2H3,(H2,12,16,17)(H,13,14,15). The highest BCUT2D eigenvalue weighted by atomic mass is 32.2. The third kappa shape index (κ3) is 6.92. The number of nitrogens with one attached hydrogen (secondary N) is 1. The van der Waals surface area contributed by atoms with Gasteiger partial charge in [-0.15, -0.1) is 0 Å². The zero-order valence-electron chi connectivity index (χ0n) is 11.2. The number of nitrogens with zero attached hydrogens (tertiary/aromatic N) is 2. The van der Waals surface area contributed by atoms with Crippen molar-refractivity contribution in [2.75, 3.05) is 24.2 Å². The van der Waals surface area contributed by atoms with E-state index in [-0.39, 0.29) is 5.75 Å². The number of rotatable bonds is 8. The van der Waals surface area contributed by atoms with E-state index in [0.29, 0.717) is 31.4 Å². The van der Waals surface area contributed by atoms with Crippen LogP contribution in [0.3, 0.4) is 0 Å². The second kappa shape index (κ2) is 7.25. The predicted octanol–water partition coefficient (Wildman–Crippen LogP) is 0.664. The van der Waals surface area contributed by atoms with Crippen LogP contribution in [0.1, 0.15) is 25.5 Å². The first kappa shape index (κ1) is 15.6. The summed E-state index contributed by atoms with van der Waals surface area (Å²) in [5.41, 5.74) is 0.787. The van der Waals surface area contributed by atoms with Crippen LogP contribution < -0.4 is 15.2 Å². The molecule has 0 saturated carbocycles. The smallest absolute Gasteiger partial charge is 0.226 e. The molecule has 1 aromatic rings. The van der Waals surface area contributed by atoms with Gasteiger partial charge in [0.05, 0.1) is 12.4 Å². The summed E-state index contributed by atoms with van der Waals surface area (Å²) in [6.45, 7) is 4.89. The summed E-state index contributed by atoms with van der Waals surface area (Å²) in [6, 6.07) is 1.76. The second-order valence-corrected chi connectivity index (χ2v) is 5.90. The highest BCUT2D eigenvalue weighted by Gasteiger charge is 2.04. The number of primary sulfonamides is 1. The van der Waals surface area contributed by atoms with Crippen LogP contribution in [0.4, 0.5) is 5.95 Å². The highest BCUT2D eigenvalue weighted by molar-refractivity contribution is 7.89. The maximum Gasteiger partial charge on any atom is 0.226 e. The Morgan fingerprint density at radius 1 is 1.42 bits per heavy atom. The third-order valence-electron chi connectivity index (χ3n) is 2.17.